The quantitative estimate of drug-likeness (QED) is 0.895. The first kappa shape index (κ1) is 16.5. The first-order valence-corrected chi connectivity index (χ1v) is 9.53. The Hall–Kier alpha value is -1.95. The van der Waals surface area contributed by atoms with Gasteiger partial charge in [-0.1, -0.05) is 0 Å². The summed E-state index contributed by atoms with van der Waals surface area (Å²) in [4.78, 5) is 11.6. The first-order chi connectivity index (χ1) is 12.2. The van der Waals surface area contributed by atoms with Crippen LogP contribution < -0.4 is 10.2 Å². The summed E-state index contributed by atoms with van der Waals surface area (Å²) in [6, 6.07) is 2.17. The van der Waals surface area contributed by atoms with Gasteiger partial charge in [0.2, 0.25) is 0 Å². The highest BCUT2D eigenvalue weighted by atomic mass is 15.2. The molecular formula is C19H28N6. The van der Waals surface area contributed by atoms with E-state index in [1.54, 1.807) is 0 Å². The van der Waals surface area contributed by atoms with Gasteiger partial charge in [-0.2, -0.15) is 5.10 Å². The van der Waals surface area contributed by atoms with Gasteiger partial charge in [-0.05, 0) is 57.6 Å². The molecule has 0 amide bonds. The van der Waals surface area contributed by atoms with Crippen molar-refractivity contribution in [2.75, 3.05) is 25.0 Å². The van der Waals surface area contributed by atoms with Gasteiger partial charge in [-0.15, -0.1) is 0 Å². The molecule has 2 aromatic heterocycles. The van der Waals surface area contributed by atoms with Crippen LogP contribution in [0, 0.1) is 6.92 Å². The molecule has 1 aliphatic heterocycles. The van der Waals surface area contributed by atoms with E-state index in [0.717, 1.165) is 44.1 Å². The van der Waals surface area contributed by atoms with E-state index in [9.17, 15) is 0 Å². The largest absolute Gasteiger partial charge is 0.354 e. The number of aryl methyl sites for hydroxylation is 2. The molecule has 0 unspecified atom stereocenters. The minimum atomic E-state index is 0.501. The Morgan fingerprint density at radius 2 is 2.08 bits per heavy atom. The number of rotatable bonds is 4. The molecule has 25 heavy (non-hydrogen) atoms. The van der Waals surface area contributed by atoms with Crippen LogP contribution in [0.4, 0.5) is 5.82 Å². The van der Waals surface area contributed by atoms with E-state index in [4.69, 9.17) is 4.98 Å². The summed E-state index contributed by atoms with van der Waals surface area (Å²) >= 11 is 0. The van der Waals surface area contributed by atoms with Crippen LogP contribution in [-0.2, 0) is 19.4 Å². The lowest BCUT2D eigenvalue weighted by molar-refractivity contribution is 0.453. The van der Waals surface area contributed by atoms with Gasteiger partial charge in [0.05, 0.1) is 17.9 Å². The lowest BCUT2D eigenvalue weighted by atomic mass is 9.95. The number of aromatic nitrogens is 4. The molecule has 2 N–H and O–H groups in total. The highest BCUT2D eigenvalue weighted by molar-refractivity contribution is 5.41. The third-order valence-electron chi connectivity index (χ3n) is 5.48. The molecule has 0 radical (unpaired) electrons. The fraction of sp³-hybridized carbons (Fsp3) is 0.632. The average Bonchev–Trinajstić information content (AvgIpc) is 3.05. The predicted octanol–water partition coefficient (Wildman–Crippen LogP) is 2.49. The summed E-state index contributed by atoms with van der Waals surface area (Å²) in [7, 11) is 2.11. The Labute approximate surface area is 149 Å². The number of piperidine rings is 1. The zero-order valence-electron chi connectivity index (χ0n) is 15.3. The molecule has 1 aliphatic carbocycles. The summed E-state index contributed by atoms with van der Waals surface area (Å²) in [5.41, 5.74) is 5.11. The van der Waals surface area contributed by atoms with Crippen LogP contribution in [0.5, 0.6) is 0 Å². The van der Waals surface area contributed by atoms with Gasteiger partial charge in [0.15, 0.2) is 0 Å². The summed E-state index contributed by atoms with van der Waals surface area (Å²) in [6.07, 6.45) is 7.26. The van der Waals surface area contributed by atoms with Crippen LogP contribution in [0.1, 0.15) is 60.1 Å². The third kappa shape index (κ3) is 3.54. The van der Waals surface area contributed by atoms with Crippen molar-refractivity contribution in [1.29, 1.82) is 0 Å². The minimum absolute atomic E-state index is 0.501. The summed E-state index contributed by atoms with van der Waals surface area (Å²) in [6.45, 7) is 4.93. The van der Waals surface area contributed by atoms with E-state index in [1.165, 1.54) is 48.3 Å². The standard InChI is InChI=1S/C19H28N6/c1-13-21-17(14-6-5-9-20-11-14)10-19(22-13)25(2)12-18-15-7-3-4-8-16(15)23-24-18/h10,14,20H,3-9,11-12H2,1-2H3,(H,23,24)/t14-/m1/s1. The second kappa shape index (κ2) is 7.12. The molecule has 0 saturated carbocycles. The van der Waals surface area contributed by atoms with Gasteiger partial charge in [-0.3, -0.25) is 5.10 Å². The fourth-order valence-electron chi connectivity index (χ4n) is 4.07. The van der Waals surface area contributed by atoms with Crippen molar-refractivity contribution in [3.8, 4) is 0 Å². The minimum Gasteiger partial charge on any atom is -0.354 e. The number of hydrogen-bond acceptors (Lipinski definition) is 5. The van der Waals surface area contributed by atoms with Gasteiger partial charge in [-0.25, -0.2) is 9.97 Å². The van der Waals surface area contributed by atoms with Gasteiger partial charge in [0.25, 0.3) is 0 Å². The maximum Gasteiger partial charge on any atom is 0.132 e. The highest BCUT2D eigenvalue weighted by Gasteiger charge is 2.21. The number of nitrogens with zero attached hydrogens (tertiary/aromatic N) is 4. The van der Waals surface area contributed by atoms with E-state index in [-0.39, 0.29) is 0 Å². The van der Waals surface area contributed by atoms with Crippen LogP contribution in [0.2, 0.25) is 0 Å². The lowest BCUT2D eigenvalue weighted by Crippen LogP contribution is -2.29. The summed E-state index contributed by atoms with van der Waals surface area (Å²) < 4.78 is 0. The van der Waals surface area contributed by atoms with E-state index in [1.807, 2.05) is 6.92 Å². The molecule has 134 valence electrons. The maximum absolute atomic E-state index is 4.71. The number of hydrogen-bond donors (Lipinski definition) is 2. The molecule has 1 atom stereocenters. The molecule has 2 aliphatic rings. The molecule has 0 aromatic carbocycles. The Bertz CT molecular complexity index is 732. The number of anilines is 1. The van der Waals surface area contributed by atoms with Crippen LogP contribution in [0.15, 0.2) is 6.07 Å². The zero-order valence-corrected chi connectivity index (χ0v) is 15.3. The van der Waals surface area contributed by atoms with Gasteiger partial charge in [0.1, 0.15) is 11.6 Å². The smallest absolute Gasteiger partial charge is 0.132 e. The summed E-state index contributed by atoms with van der Waals surface area (Å²) in [5, 5.41) is 11.3. The second-order valence-electron chi connectivity index (χ2n) is 7.43. The van der Waals surface area contributed by atoms with E-state index in [0.29, 0.717) is 5.92 Å². The van der Waals surface area contributed by atoms with Crippen molar-refractivity contribution in [3.05, 3.63) is 34.5 Å². The molecule has 1 fully saturated rings. The van der Waals surface area contributed by atoms with Crippen LogP contribution >= 0.6 is 0 Å². The molecular weight excluding hydrogens is 312 g/mol. The number of aromatic amines is 1. The van der Waals surface area contributed by atoms with E-state index < -0.39 is 0 Å². The van der Waals surface area contributed by atoms with Crippen LogP contribution in [0.3, 0.4) is 0 Å². The lowest BCUT2D eigenvalue weighted by Gasteiger charge is -2.24. The molecule has 3 heterocycles. The van der Waals surface area contributed by atoms with E-state index >= 15 is 0 Å². The molecule has 6 heteroatoms. The Kier molecular flexibility index (Phi) is 4.70. The number of H-pyrrole nitrogens is 1. The van der Waals surface area contributed by atoms with Crippen molar-refractivity contribution in [2.45, 2.75) is 57.9 Å². The first-order valence-electron chi connectivity index (χ1n) is 9.53. The van der Waals surface area contributed by atoms with Crippen molar-refractivity contribution in [2.24, 2.45) is 0 Å². The van der Waals surface area contributed by atoms with Crippen molar-refractivity contribution < 1.29 is 0 Å². The summed E-state index contributed by atoms with van der Waals surface area (Å²) in [5.74, 6) is 2.36. The van der Waals surface area contributed by atoms with E-state index in [2.05, 4.69) is 38.5 Å². The monoisotopic (exact) mass is 340 g/mol. The Balaban J connectivity index is 1.54. The Morgan fingerprint density at radius 3 is 2.92 bits per heavy atom. The molecule has 6 nitrogen and oxygen atoms in total. The molecule has 0 bridgehead atoms. The molecule has 2 aromatic rings. The third-order valence-corrected chi connectivity index (χ3v) is 5.48. The van der Waals surface area contributed by atoms with Gasteiger partial charge < -0.3 is 10.2 Å². The van der Waals surface area contributed by atoms with Crippen molar-refractivity contribution in [1.82, 2.24) is 25.5 Å². The molecule has 1 saturated heterocycles. The number of nitrogens with one attached hydrogen (secondary N) is 2. The van der Waals surface area contributed by atoms with Crippen molar-refractivity contribution in [3.63, 3.8) is 0 Å². The number of fused-ring (bicyclic) bond motifs is 1. The normalized spacial score (nSPS) is 20.3. The topological polar surface area (TPSA) is 69.7 Å². The maximum atomic E-state index is 4.71. The van der Waals surface area contributed by atoms with Gasteiger partial charge >= 0.3 is 0 Å². The molecule has 4 rings (SSSR count). The van der Waals surface area contributed by atoms with Gasteiger partial charge in [0, 0.05) is 31.3 Å². The Morgan fingerprint density at radius 1 is 1.20 bits per heavy atom. The molecule has 0 spiro atoms. The second-order valence-corrected chi connectivity index (χ2v) is 7.43. The van der Waals surface area contributed by atoms with Crippen molar-refractivity contribution >= 4 is 5.82 Å². The van der Waals surface area contributed by atoms with Crippen LogP contribution in [0.25, 0.3) is 0 Å². The zero-order chi connectivity index (χ0) is 17.2. The fourth-order valence-corrected chi connectivity index (χ4v) is 4.07. The van der Waals surface area contributed by atoms with Crippen LogP contribution in [-0.4, -0.2) is 40.3 Å². The predicted molar refractivity (Wildman–Crippen MR) is 99.0 cm³/mol. The SMILES string of the molecule is Cc1nc([C@@H]2CCCNC2)cc(N(C)Cc2n[nH]c3c2CCCC3)n1. The average molecular weight is 340 g/mol. The highest BCUT2D eigenvalue weighted by Crippen LogP contribution is 2.26.